The molecule has 1 saturated carbocycles. The van der Waals surface area contributed by atoms with Crippen LogP contribution in [0.4, 0.5) is 0 Å². The van der Waals surface area contributed by atoms with Crippen molar-refractivity contribution < 1.29 is 4.74 Å². The monoisotopic (exact) mass is 282 g/mol. The molecule has 20 heavy (non-hydrogen) atoms. The van der Waals surface area contributed by atoms with Crippen LogP contribution in [-0.2, 0) is 4.74 Å². The van der Waals surface area contributed by atoms with E-state index in [1.54, 1.807) is 0 Å². The van der Waals surface area contributed by atoms with Gasteiger partial charge >= 0.3 is 0 Å². The first-order chi connectivity index (χ1) is 9.40. The van der Waals surface area contributed by atoms with E-state index in [0.29, 0.717) is 11.5 Å². The van der Waals surface area contributed by atoms with Crippen molar-refractivity contribution >= 4 is 0 Å². The molecule has 2 aliphatic rings. The van der Waals surface area contributed by atoms with Gasteiger partial charge in [0.15, 0.2) is 0 Å². The highest BCUT2D eigenvalue weighted by Gasteiger charge is 2.42. The predicted octanol–water partition coefficient (Wildman–Crippen LogP) is 2.90. The molecule has 3 heteroatoms. The molecule has 1 aliphatic heterocycles. The fourth-order valence-corrected chi connectivity index (χ4v) is 4.34. The van der Waals surface area contributed by atoms with Gasteiger partial charge in [-0.1, -0.05) is 20.8 Å². The maximum Gasteiger partial charge on any atom is 0.0777 e. The van der Waals surface area contributed by atoms with Gasteiger partial charge in [-0.25, -0.2) is 0 Å². The third kappa shape index (κ3) is 3.55. The van der Waals surface area contributed by atoms with Crippen LogP contribution in [0.1, 0.15) is 53.4 Å². The normalized spacial score (nSPS) is 38.2. The minimum absolute atomic E-state index is 0.0695. The third-order valence-corrected chi connectivity index (χ3v) is 5.62. The van der Waals surface area contributed by atoms with Crippen molar-refractivity contribution in [2.45, 2.75) is 65.0 Å². The maximum atomic E-state index is 5.73. The lowest BCUT2D eigenvalue weighted by molar-refractivity contribution is -0.0545. The summed E-state index contributed by atoms with van der Waals surface area (Å²) in [5, 5.41) is 3.75. The number of hydrogen-bond donors (Lipinski definition) is 1. The SMILES string of the molecule is CCNC1C(CN2CCCC(C)(OC)C2)CCC1(C)C. The zero-order valence-electron chi connectivity index (χ0n) is 14.2. The number of nitrogens with one attached hydrogen (secondary N) is 1. The molecule has 3 unspecified atom stereocenters. The van der Waals surface area contributed by atoms with E-state index in [-0.39, 0.29) is 5.60 Å². The van der Waals surface area contributed by atoms with Crippen molar-refractivity contribution in [3.8, 4) is 0 Å². The summed E-state index contributed by atoms with van der Waals surface area (Å²) in [7, 11) is 1.86. The minimum atomic E-state index is 0.0695. The number of nitrogens with zero attached hydrogens (tertiary/aromatic N) is 1. The van der Waals surface area contributed by atoms with Crippen molar-refractivity contribution in [1.82, 2.24) is 10.2 Å². The van der Waals surface area contributed by atoms with Gasteiger partial charge in [0.05, 0.1) is 5.60 Å². The van der Waals surface area contributed by atoms with E-state index < -0.39 is 0 Å². The van der Waals surface area contributed by atoms with Crippen molar-refractivity contribution in [3.05, 3.63) is 0 Å². The molecule has 2 fully saturated rings. The second-order valence-corrected chi connectivity index (χ2v) is 7.82. The first-order valence-electron chi connectivity index (χ1n) is 8.41. The van der Waals surface area contributed by atoms with Crippen molar-refractivity contribution in [2.75, 3.05) is 33.3 Å². The van der Waals surface area contributed by atoms with Gasteiger partial charge in [0.25, 0.3) is 0 Å². The molecular formula is C17H34N2O. The van der Waals surface area contributed by atoms with Gasteiger partial charge in [-0.2, -0.15) is 0 Å². The van der Waals surface area contributed by atoms with Crippen LogP contribution < -0.4 is 5.32 Å². The Morgan fingerprint density at radius 2 is 2.00 bits per heavy atom. The highest BCUT2D eigenvalue weighted by atomic mass is 16.5. The first-order valence-corrected chi connectivity index (χ1v) is 8.41. The summed E-state index contributed by atoms with van der Waals surface area (Å²) in [4.78, 5) is 2.64. The Morgan fingerprint density at radius 3 is 2.65 bits per heavy atom. The van der Waals surface area contributed by atoms with E-state index in [1.807, 2.05) is 7.11 Å². The lowest BCUT2D eigenvalue weighted by atomic mass is 9.84. The molecule has 118 valence electrons. The quantitative estimate of drug-likeness (QED) is 0.839. The van der Waals surface area contributed by atoms with Crippen LogP contribution in [0.2, 0.25) is 0 Å². The van der Waals surface area contributed by atoms with Crippen molar-refractivity contribution in [2.24, 2.45) is 11.3 Å². The molecular weight excluding hydrogens is 248 g/mol. The number of ether oxygens (including phenoxy) is 1. The summed E-state index contributed by atoms with van der Waals surface area (Å²) in [5.74, 6) is 0.796. The van der Waals surface area contributed by atoms with E-state index in [2.05, 4.69) is 37.9 Å². The zero-order valence-corrected chi connectivity index (χ0v) is 14.2. The maximum absolute atomic E-state index is 5.73. The molecule has 1 heterocycles. The second kappa shape index (κ2) is 6.33. The van der Waals surface area contributed by atoms with Gasteiger partial charge in [-0.15, -0.1) is 0 Å². The Labute approximate surface area is 125 Å². The molecule has 1 aliphatic carbocycles. The lowest BCUT2D eigenvalue weighted by Crippen LogP contribution is -2.51. The van der Waals surface area contributed by atoms with E-state index in [1.165, 1.54) is 38.8 Å². The highest BCUT2D eigenvalue weighted by molar-refractivity contribution is 4.98. The van der Waals surface area contributed by atoms with Crippen LogP contribution in [0.25, 0.3) is 0 Å². The summed E-state index contributed by atoms with van der Waals surface area (Å²) >= 11 is 0. The molecule has 0 bridgehead atoms. The van der Waals surface area contributed by atoms with Gasteiger partial charge in [-0.05, 0) is 57.0 Å². The van der Waals surface area contributed by atoms with Gasteiger partial charge in [0.1, 0.15) is 0 Å². The number of piperidine rings is 1. The Kier molecular flexibility index (Phi) is 5.14. The lowest BCUT2D eigenvalue weighted by Gasteiger charge is -2.41. The van der Waals surface area contributed by atoms with Crippen LogP contribution in [0, 0.1) is 11.3 Å². The van der Waals surface area contributed by atoms with Gasteiger partial charge < -0.3 is 15.0 Å². The zero-order chi connectivity index (χ0) is 14.8. The number of hydrogen-bond acceptors (Lipinski definition) is 3. The Balaban J connectivity index is 1.95. The standard InChI is InChI=1S/C17H34N2O/c1-6-18-15-14(8-10-16(15,2)3)12-19-11-7-9-17(4,13-19)20-5/h14-15,18H,6-13H2,1-5H3. The highest BCUT2D eigenvalue weighted by Crippen LogP contribution is 2.42. The van der Waals surface area contributed by atoms with Crippen LogP contribution in [0.3, 0.4) is 0 Å². The average Bonchev–Trinajstić information content (AvgIpc) is 2.67. The van der Waals surface area contributed by atoms with Crippen LogP contribution in [0.5, 0.6) is 0 Å². The van der Waals surface area contributed by atoms with Crippen molar-refractivity contribution in [1.29, 1.82) is 0 Å². The second-order valence-electron chi connectivity index (χ2n) is 7.82. The Bertz CT molecular complexity index is 318. The van der Waals surface area contributed by atoms with E-state index in [9.17, 15) is 0 Å². The molecule has 2 rings (SSSR count). The van der Waals surface area contributed by atoms with Gasteiger partial charge in [0, 0.05) is 26.2 Å². The topological polar surface area (TPSA) is 24.5 Å². The molecule has 0 amide bonds. The van der Waals surface area contributed by atoms with Gasteiger partial charge in [0.2, 0.25) is 0 Å². The minimum Gasteiger partial charge on any atom is -0.377 e. The molecule has 0 aromatic rings. The fraction of sp³-hybridized carbons (Fsp3) is 1.00. The predicted molar refractivity (Wildman–Crippen MR) is 85.1 cm³/mol. The van der Waals surface area contributed by atoms with E-state index in [4.69, 9.17) is 4.74 Å². The van der Waals surface area contributed by atoms with E-state index >= 15 is 0 Å². The number of methoxy groups -OCH3 is 1. The summed E-state index contributed by atoms with van der Waals surface area (Å²) < 4.78 is 5.73. The summed E-state index contributed by atoms with van der Waals surface area (Å²) in [5.41, 5.74) is 0.515. The molecule has 1 saturated heterocycles. The summed E-state index contributed by atoms with van der Waals surface area (Å²) in [6, 6.07) is 0.670. The summed E-state index contributed by atoms with van der Waals surface area (Å²) in [6.07, 6.45) is 5.19. The molecule has 0 aromatic heterocycles. The Morgan fingerprint density at radius 1 is 1.25 bits per heavy atom. The van der Waals surface area contributed by atoms with E-state index in [0.717, 1.165) is 19.0 Å². The average molecular weight is 282 g/mol. The van der Waals surface area contributed by atoms with Crippen LogP contribution in [-0.4, -0.2) is 49.8 Å². The van der Waals surface area contributed by atoms with Crippen LogP contribution in [0.15, 0.2) is 0 Å². The fourth-order valence-electron chi connectivity index (χ4n) is 4.34. The third-order valence-electron chi connectivity index (χ3n) is 5.62. The molecule has 0 aromatic carbocycles. The molecule has 1 N–H and O–H groups in total. The molecule has 0 spiro atoms. The smallest absolute Gasteiger partial charge is 0.0777 e. The molecule has 0 radical (unpaired) electrons. The summed E-state index contributed by atoms with van der Waals surface area (Å²) in [6.45, 7) is 14.0. The molecule has 3 nitrogen and oxygen atoms in total. The number of likely N-dealkylation sites (tertiary alicyclic amines) is 1. The largest absolute Gasteiger partial charge is 0.377 e. The Hall–Kier alpha value is -0.120. The van der Waals surface area contributed by atoms with Crippen molar-refractivity contribution in [3.63, 3.8) is 0 Å². The number of rotatable bonds is 5. The van der Waals surface area contributed by atoms with Crippen LogP contribution >= 0.6 is 0 Å². The molecule has 3 atom stereocenters. The van der Waals surface area contributed by atoms with Gasteiger partial charge in [-0.3, -0.25) is 0 Å². The first kappa shape index (κ1) is 16.3.